The molecule has 3 aromatic rings. The maximum absolute atomic E-state index is 13.1. The number of carbonyl (C=O) groups is 3. The standard InChI is InChI=1S/C32H38N2O5S/c1-18(2)23-8-7-9-24(19(3)4)29(23)34-30(36)21-11-13-22(14-12-21)39-17-27(35)33-31-28(32(37)38-6)25-15-10-20(5)16-26(25)40-31/h7-9,11-14,18-20H,10,15-17H2,1-6H3,(H,33,35)(H,34,36). The van der Waals surface area contributed by atoms with E-state index in [1.165, 1.54) is 18.4 Å². The molecule has 0 bridgehead atoms. The highest BCUT2D eigenvalue weighted by Crippen LogP contribution is 2.40. The zero-order valence-electron chi connectivity index (χ0n) is 24.1. The molecule has 212 valence electrons. The second kappa shape index (κ2) is 12.7. The van der Waals surface area contributed by atoms with Crippen LogP contribution < -0.4 is 15.4 Å². The molecule has 4 rings (SSSR count). The average Bonchev–Trinajstić information content (AvgIpc) is 3.28. The van der Waals surface area contributed by atoms with Crippen molar-refractivity contribution in [3.8, 4) is 5.75 Å². The molecule has 40 heavy (non-hydrogen) atoms. The number of fused-ring (bicyclic) bond motifs is 1. The number of hydrogen-bond acceptors (Lipinski definition) is 6. The van der Waals surface area contributed by atoms with Crippen LogP contribution >= 0.6 is 11.3 Å². The molecule has 1 aliphatic rings. The number of amides is 2. The largest absolute Gasteiger partial charge is 0.484 e. The molecule has 1 atom stereocenters. The maximum atomic E-state index is 13.1. The summed E-state index contributed by atoms with van der Waals surface area (Å²) in [7, 11) is 1.35. The molecule has 1 aromatic heterocycles. The van der Waals surface area contributed by atoms with E-state index in [1.54, 1.807) is 24.3 Å². The summed E-state index contributed by atoms with van der Waals surface area (Å²) in [5, 5.41) is 6.47. The zero-order chi connectivity index (χ0) is 29.0. The van der Waals surface area contributed by atoms with Crippen molar-refractivity contribution in [2.24, 2.45) is 5.92 Å². The second-order valence-electron chi connectivity index (χ2n) is 11.0. The molecule has 2 N–H and O–H groups in total. The van der Waals surface area contributed by atoms with Gasteiger partial charge in [-0.25, -0.2) is 4.79 Å². The minimum absolute atomic E-state index is 0.203. The number of thiophene rings is 1. The lowest BCUT2D eigenvalue weighted by atomic mass is 9.88. The Balaban J connectivity index is 1.40. The molecule has 2 amide bonds. The van der Waals surface area contributed by atoms with Crippen LogP contribution in [-0.2, 0) is 22.4 Å². The van der Waals surface area contributed by atoms with Crippen molar-refractivity contribution in [1.29, 1.82) is 0 Å². The molecule has 7 nitrogen and oxygen atoms in total. The molecular formula is C32H38N2O5S. The zero-order valence-corrected chi connectivity index (χ0v) is 24.9. The van der Waals surface area contributed by atoms with E-state index in [0.29, 0.717) is 27.8 Å². The maximum Gasteiger partial charge on any atom is 0.341 e. The topological polar surface area (TPSA) is 93.7 Å². The third-order valence-corrected chi connectivity index (χ3v) is 8.42. The van der Waals surface area contributed by atoms with Gasteiger partial charge in [-0.1, -0.05) is 52.8 Å². The van der Waals surface area contributed by atoms with E-state index in [4.69, 9.17) is 9.47 Å². The summed E-state index contributed by atoms with van der Waals surface area (Å²) in [6.45, 7) is 10.4. The third-order valence-electron chi connectivity index (χ3n) is 7.25. The van der Waals surface area contributed by atoms with E-state index < -0.39 is 5.97 Å². The first-order valence-electron chi connectivity index (χ1n) is 13.8. The number of carbonyl (C=O) groups excluding carboxylic acids is 3. The molecular weight excluding hydrogens is 524 g/mol. The van der Waals surface area contributed by atoms with Gasteiger partial charge in [-0.05, 0) is 78.0 Å². The number of benzene rings is 2. The second-order valence-corrected chi connectivity index (χ2v) is 12.1. The number of nitrogens with one attached hydrogen (secondary N) is 2. The first-order chi connectivity index (χ1) is 19.1. The van der Waals surface area contributed by atoms with E-state index in [-0.39, 0.29) is 30.3 Å². The Hall–Kier alpha value is -3.65. The van der Waals surface area contributed by atoms with Crippen molar-refractivity contribution in [1.82, 2.24) is 0 Å². The van der Waals surface area contributed by atoms with E-state index in [2.05, 4.69) is 45.3 Å². The lowest BCUT2D eigenvalue weighted by Crippen LogP contribution is -2.21. The molecule has 0 aliphatic heterocycles. The Kier molecular flexibility index (Phi) is 9.30. The minimum Gasteiger partial charge on any atom is -0.484 e. The van der Waals surface area contributed by atoms with Crippen LogP contribution in [0.3, 0.4) is 0 Å². The number of methoxy groups -OCH3 is 1. The molecule has 0 fully saturated rings. The molecule has 8 heteroatoms. The van der Waals surface area contributed by atoms with Crippen LogP contribution in [0.5, 0.6) is 5.75 Å². The Bertz CT molecular complexity index is 1360. The first-order valence-corrected chi connectivity index (χ1v) is 14.6. The van der Waals surface area contributed by atoms with Crippen molar-refractivity contribution in [3.05, 3.63) is 75.2 Å². The van der Waals surface area contributed by atoms with E-state index >= 15 is 0 Å². The highest BCUT2D eigenvalue weighted by molar-refractivity contribution is 7.17. The summed E-state index contributed by atoms with van der Waals surface area (Å²) >= 11 is 1.44. The van der Waals surface area contributed by atoms with Gasteiger partial charge in [0.15, 0.2) is 6.61 Å². The number of anilines is 2. The number of rotatable bonds is 9. The predicted molar refractivity (Wildman–Crippen MR) is 160 cm³/mol. The van der Waals surface area contributed by atoms with Gasteiger partial charge in [0.05, 0.1) is 12.7 Å². The third kappa shape index (κ3) is 6.55. The molecule has 1 heterocycles. The van der Waals surface area contributed by atoms with Crippen molar-refractivity contribution in [2.75, 3.05) is 24.4 Å². The Morgan fingerprint density at radius 2 is 1.62 bits per heavy atom. The fourth-order valence-electron chi connectivity index (χ4n) is 5.05. The molecule has 2 aromatic carbocycles. The number of hydrogen-bond donors (Lipinski definition) is 2. The molecule has 0 spiro atoms. The van der Waals surface area contributed by atoms with Gasteiger partial charge in [-0.15, -0.1) is 11.3 Å². The number of esters is 1. The summed E-state index contributed by atoms with van der Waals surface area (Å²) in [5.41, 5.74) is 5.00. The Morgan fingerprint density at radius 1 is 0.975 bits per heavy atom. The highest BCUT2D eigenvalue weighted by Gasteiger charge is 2.29. The van der Waals surface area contributed by atoms with Gasteiger partial charge in [-0.2, -0.15) is 0 Å². The molecule has 1 aliphatic carbocycles. The van der Waals surface area contributed by atoms with E-state index in [0.717, 1.165) is 46.5 Å². The smallest absolute Gasteiger partial charge is 0.341 e. The van der Waals surface area contributed by atoms with Gasteiger partial charge in [-0.3, -0.25) is 9.59 Å². The van der Waals surface area contributed by atoms with Gasteiger partial charge in [0.25, 0.3) is 11.8 Å². The summed E-state index contributed by atoms with van der Waals surface area (Å²) < 4.78 is 10.7. The van der Waals surface area contributed by atoms with Crippen LogP contribution in [0.25, 0.3) is 0 Å². The van der Waals surface area contributed by atoms with Crippen molar-refractivity contribution in [3.63, 3.8) is 0 Å². The Morgan fingerprint density at radius 3 is 2.23 bits per heavy atom. The fraction of sp³-hybridized carbons (Fsp3) is 0.406. The van der Waals surface area contributed by atoms with Gasteiger partial charge in [0.2, 0.25) is 0 Å². The number of ether oxygens (including phenoxy) is 2. The fourth-order valence-corrected chi connectivity index (χ4v) is 6.47. The van der Waals surface area contributed by atoms with Crippen LogP contribution in [0.2, 0.25) is 0 Å². The van der Waals surface area contributed by atoms with Crippen LogP contribution in [0.4, 0.5) is 10.7 Å². The number of para-hydroxylation sites is 1. The van der Waals surface area contributed by atoms with E-state index in [1.807, 2.05) is 18.2 Å². The summed E-state index contributed by atoms with van der Waals surface area (Å²) in [4.78, 5) is 39.5. The monoisotopic (exact) mass is 562 g/mol. The summed E-state index contributed by atoms with van der Waals surface area (Å²) in [6, 6.07) is 12.8. The predicted octanol–water partition coefficient (Wildman–Crippen LogP) is 7.18. The quantitative estimate of drug-likeness (QED) is 0.270. The van der Waals surface area contributed by atoms with Crippen molar-refractivity contribution < 1.29 is 23.9 Å². The lowest BCUT2D eigenvalue weighted by molar-refractivity contribution is -0.118. The van der Waals surface area contributed by atoms with Crippen LogP contribution in [0.1, 0.15) is 95.2 Å². The summed E-state index contributed by atoms with van der Waals surface area (Å²) in [5.74, 6) is 0.524. The van der Waals surface area contributed by atoms with Crippen LogP contribution in [-0.4, -0.2) is 31.5 Å². The van der Waals surface area contributed by atoms with Gasteiger partial charge >= 0.3 is 5.97 Å². The molecule has 1 unspecified atom stereocenters. The lowest BCUT2D eigenvalue weighted by Gasteiger charge is -2.20. The minimum atomic E-state index is -0.436. The highest BCUT2D eigenvalue weighted by atomic mass is 32.1. The van der Waals surface area contributed by atoms with Crippen molar-refractivity contribution >= 4 is 39.8 Å². The van der Waals surface area contributed by atoms with Gasteiger partial charge < -0.3 is 20.1 Å². The van der Waals surface area contributed by atoms with Crippen LogP contribution in [0.15, 0.2) is 42.5 Å². The first kappa shape index (κ1) is 29.3. The molecule has 0 radical (unpaired) electrons. The van der Waals surface area contributed by atoms with Crippen molar-refractivity contribution in [2.45, 2.75) is 65.7 Å². The molecule has 0 saturated carbocycles. The van der Waals surface area contributed by atoms with Crippen LogP contribution in [0, 0.1) is 5.92 Å². The average molecular weight is 563 g/mol. The van der Waals surface area contributed by atoms with E-state index in [9.17, 15) is 14.4 Å². The normalized spacial score (nSPS) is 14.6. The van der Waals surface area contributed by atoms with Gasteiger partial charge in [0, 0.05) is 16.1 Å². The summed E-state index contributed by atoms with van der Waals surface area (Å²) in [6.07, 6.45) is 2.69. The SMILES string of the molecule is COC(=O)c1c(NC(=O)COc2ccc(C(=O)Nc3c(C(C)C)cccc3C(C)C)cc2)sc2c1CCC(C)C2. The molecule has 0 saturated heterocycles. The Labute approximate surface area is 240 Å². The van der Waals surface area contributed by atoms with Gasteiger partial charge in [0.1, 0.15) is 10.8 Å².